The zero-order chi connectivity index (χ0) is 15.5. The number of rotatable bonds is 5. The smallest absolute Gasteiger partial charge is 0.209 e. The van der Waals surface area contributed by atoms with Crippen LogP contribution in [-0.4, -0.2) is 19.7 Å². The van der Waals surface area contributed by atoms with E-state index in [2.05, 4.69) is 9.71 Å². The minimum atomic E-state index is -3.35. The first-order chi connectivity index (χ1) is 9.85. The second-order valence-corrected chi connectivity index (χ2v) is 6.37. The Morgan fingerprint density at radius 1 is 1.33 bits per heavy atom. The van der Waals surface area contributed by atoms with Crippen LogP contribution in [0, 0.1) is 5.82 Å². The van der Waals surface area contributed by atoms with Gasteiger partial charge in [0.1, 0.15) is 5.75 Å². The minimum Gasteiger partial charge on any atom is -0.453 e. The number of pyridine rings is 1. The molecular weight excluding hydrogens is 295 g/mol. The van der Waals surface area contributed by atoms with Crippen LogP contribution in [0.2, 0.25) is 0 Å². The van der Waals surface area contributed by atoms with E-state index in [-0.39, 0.29) is 5.75 Å². The molecule has 1 atom stereocenters. The molecule has 1 heterocycles. The summed E-state index contributed by atoms with van der Waals surface area (Å²) in [5.41, 5.74) is 0.511. The zero-order valence-electron chi connectivity index (χ0n) is 11.6. The Hall–Kier alpha value is -1.99. The van der Waals surface area contributed by atoms with Gasteiger partial charge >= 0.3 is 0 Å². The van der Waals surface area contributed by atoms with Gasteiger partial charge in [0.25, 0.3) is 0 Å². The van der Waals surface area contributed by atoms with Crippen molar-refractivity contribution in [3.05, 3.63) is 54.1 Å². The molecule has 0 amide bonds. The highest BCUT2D eigenvalue weighted by molar-refractivity contribution is 7.88. The number of aromatic nitrogens is 1. The summed E-state index contributed by atoms with van der Waals surface area (Å²) in [5, 5.41) is 0. The topological polar surface area (TPSA) is 68.3 Å². The fourth-order valence-corrected chi connectivity index (χ4v) is 2.57. The number of nitrogens with zero attached hydrogens (tertiary/aromatic N) is 1. The summed E-state index contributed by atoms with van der Waals surface area (Å²) < 4.78 is 44.1. The first-order valence-corrected chi connectivity index (χ1v) is 8.09. The average molecular weight is 310 g/mol. The SMILES string of the molecule is CC(NS(C)(=O)=O)c1ccc(Oc2cccnc2)c(F)c1. The van der Waals surface area contributed by atoms with Crippen LogP contribution in [0.5, 0.6) is 11.5 Å². The van der Waals surface area contributed by atoms with Crippen LogP contribution in [0.25, 0.3) is 0 Å². The van der Waals surface area contributed by atoms with Crippen molar-refractivity contribution in [2.75, 3.05) is 6.26 Å². The van der Waals surface area contributed by atoms with E-state index in [9.17, 15) is 12.8 Å². The number of hydrogen-bond donors (Lipinski definition) is 1. The van der Waals surface area contributed by atoms with Gasteiger partial charge in [0, 0.05) is 12.2 Å². The third kappa shape index (κ3) is 4.51. The first-order valence-electron chi connectivity index (χ1n) is 6.20. The number of hydrogen-bond acceptors (Lipinski definition) is 4. The van der Waals surface area contributed by atoms with Gasteiger partial charge in [0.15, 0.2) is 11.6 Å². The second kappa shape index (κ2) is 6.19. The molecule has 1 aromatic carbocycles. The lowest BCUT2D eigenvalue weighted by Gasteiger charge is -2.14. The fraction of sp³-hybridized carbons (Fsp3) is 0.214. The molecule has 0 spiro atoms. The molecule has 5 nitrogen and oxygen atoms in total. The molecule has 0 fully saturated rings. The Morgan fingerprint density at radius 3 is 2.67 bits per heavy atom. The van der Waals surface area contributed by atoms with E-state index >= 15 is 0 Å². The van der Waals surface area contributed by atoms with Gasteiger partial charge in [-0.2, -0.15) is 0 Å². The largest absolute Gasteiger partial charge is 0.453 e. The Balaban J connectivity index is 2.18. The van der Waals surface area contributed by atoms with Crippen LogP contribution >= 0.6 is 0 Å². The molecule has 0 bridgehead atoms. The number of benzene rings is 1. The van der Waals surface area contributed by atoms with E-state index in [1.165, 1.54) is 18.3 Å². The maximum absolute atomic E-state index is 14.0. The van der Waals surface area contributed by atoms with Gasteiger partial charge in [-0.15, -0.1) is 0 Å². The van der Waals surface area contributed by atoms with E-state index < -0.39 is 21.9 Å². The summed E-state index contributed by atoms with van der Waals surface area (Å²) in [7, 11) is -3.35. The van der Waals surface area contributed by atoms with Gasteiger partial charge in [-0.3, -0.25) is 4.98 Å². The van der Waals surface area contributed by atoms with E-state index in [0.717, 1.165) is 6.26 Å². The van der Waals surface area contributed by atoms with Crippen LogP contribution in [0.4, 0.5) is 4.39 Å². The molecule has 0 aliphatic rings. The lowest BCUT2D eigenvalue weighted by Crippen LogP contribution is -2.25. The minimum absolute atomic E-state index is 0.0540. The van der Waals surface area contributed by atoms with Crippen LogP contribution < -0.4 is 9.46 Å². The highest BCUT2D eigenvalue weighted by atomic mass is 32.2. The highest BCUT2D eigenvalue weighted by Crippen LogP contribution is 2.26. The number of ether oxygens (including phenoxy) is 1. The van der Waals surface area contributed by atoms with E-state index in [1.54, 1.807) is 31.3 Å². The Labute approximate surface area is 122 Å². The van der Waals surface area contributed by atoms with Gasteiger partial charge in [-0.1, -0.05) is 6.07 Å². The molecule has 7 heteroatoms. The van der Waals surface area contributed by atoms with Crippen molar-refractivity contribution >= 4 is 10.0 Å². The van der Waals surface area contributed by atoms with Crippen LogP contribution in [0.15, 0.2) is 42.7 Å². The Kier molecular flexibility index (Phi) is 4.54. The van der Waals surface area contributed by atoms with E-state index in [4.69, 9.17) is 4.74 Å². The molecule has 2 rings (SSSR count). The lowest BCUT2D eigenvalue weighted by molar-refractivity contribution is 0.439. The lowest BCUT2D eigenvalue weighted by atomic mass is 10.1. The van der Waals surface area contributed by atoms with Gasteiger partial charge in [0.2, 0.25) is 10.0 Å². The Bertz CT molecular complexity index is 720. The summed E-state index contributed by atoms with van der Waals surface area (Å²) >= 11 is 0. The third-order valence-electron chi connectivity index (χ3n) is 2.71. The standard InChI is InChI=1S/C14H15FN2O3S/c1-10(17-21(2,18)19)11-5-6-14(13(15)8-11)20-12-4-3-7-16-9-12/h3-10,17H,1-2H3. The molecule has 112 valence electrons. The molecule has 0 radical (unpaired) electrons. The molecule has 21 heavy (non-hydrogen) atoms. The first kappa shape index (κ1) is 15.4. The highest BCUT2D eigenvalue weighted by Gasteiger charge is 2.14. The van der Waals surface area contributed by atoms with E-state index in [0.29, 0.717) is 11.3 Å². The summed E-state index contributed by atoms with van der Waals surface area (Å²) in [6.45, 7) is 1.64. The van der Waals surface area contributed by atoms with Crippen molar-refractivity contribution in [3.8, 4) is 11.5 Å². The van der Waals surface area contributed by atoms with Crippen molar-refractivity contribution in [3.63, 3.8) is 0 Å². The molecule has 1 N–H and O–H groups in total. The molecule has 0 aliphatic carbocycles. The van der Waals surface area contributed by atoms with Crippen molar-refractivity contribution in [2.45, 2.75) is 13.0 Å². The van der Waals surface area contributed by atoms with E-state index in [1.807, 2.05) is 0 Å². The van der Waals surface area contributed by atoms with Crippen molar-refractivity contribution in [1.82, 2.24) is 9.71 Å². The summed E-state index contributed by atoms with van der Waals surface area (Å²) in [5.74, 6) is -0.0942. The van der Waals surface area contributed by atoms with Gasteiger partial charge in [0.05, 0.1) is 12.5 Å². The molecule has 1 aromatic heterocycles. The average Bonchev–Trinajstić information content (AvgIpc) is 2.40. The normalized spacial score (nSPS) is 12.9. The van der Waals surface area contributed by atoms with Crippen molar-refractivity contribution < 1.29 is 17.5 Å². The van der Waals surface area contributed by atoms with Crippen LogP contribution in [0.3, 0.4) is 0 Å². The third-order valence-corrected chi connectivity index (χ3v) is 3.49. The number of halogens is 1. The zero-order valence-corrected chi connectivity index (χ0v) is 12.4. The molecule has 0 aliphatic heterocycles. The summed E-state index contributed by atoms with van der Waals surface area (Å²) in [4.78, 5) is 3.87. The predicted molar refractivity (Wildman–Crippen MR) is 77.1 cm³/mol. The molecule has 0 saturated heterocycles. The molecule has 1 unspecified atom stereocenters. The van der Waals surface area contributed by atoms with Crippen molar-refractivity contribution in [2.24, 2.45) is 0 Å². The monoisotopic (exact) mass is 310 g/mol. The van der Waals surface area contributed by atoms with Crippen LogP contribution in [0.1, 0.15) is 18.5 Å². The summed E-state index contributed by atoms with van der Waals surface area (Å²) in [6, 6.07) is 7.13. The maximum atomic E-state index is 14.0. The Morgan fingerprint density at radius 2 is 2.10 bits per heavy atom. The molecule has 0 saturated carbocycles. The quantitative estimate of drug-likeness (QED) is 0.922. The number of sulfonamides is 1. The predicted octanol–water partition coefficient (Wildman–Crippen LogP) is 2.62. The maximum Gasteiger partial charge on any atom is 0.209 e. The van der Waals surface area contributed by atoms with Gasteiger partial charge in [-0.05, 0) is 36.8 Å². The van der Waals surface area contributed by atoms with Crippen molar-refractivity contribution in [1.29, 1.82) is 0 Å². The molecule has 2 aromatic rings. The fourth-order valence-electron chi connectivity index (χ4n) is 1.79. The van der Waals surface area contributed by atoms with Gasteiger partial charge in [-0.25, -0.2) is 17.5 Å². The molecular formula is C14H15FN2O3S. The second-order valence-electron chi connectivity index (χ2n) is 4.59. The number of nitrogens with one attached hydrogen (secondary N) is 1. The summed E-state index contributed by atoms with van der Waals surface area (Å²) in [6.07, 6.45) is 4.12. The van der Waals surface area contributed by atoms with Crippen LogP contribution in [-0.2, 0) is 10.0 Å². The van der Waals surface area contributed by atoms with Gasteiger partial charge < -0.3 is 4.74 Å².